The van der Waals surface area contributed by atoms with E-state index in [9.17, 15) is 4.79 Å². The molecule has 2 aliphatic rings. The van der Waals surface area contributed by atoms with Gasteiger partial charge in [0.15, 0.2) is 6.10 Å². The highest BCUT2D eigenvalue weighted by molar-refractivity contribution is 5.81. The summed E-state index contributed by atoms with van der Waals surface area (Å²) in [5, 5.41) is 3.09. The Labute approximate surface area is 180 Å². The third-order valence-corrected chi connectivity index (χ3v) is 6.48. The molecular formula is C26H34N2O2. The molecule has 0 radical (unpaired) electrons. The van der Waals surface area contributed by atoms with E-state index in [1.165, 1.54) is 35.2 Å². The van der Waals surface area contributed by atoms with Crippen LogP contribution in [0.25, 0.3) is 0 Å². The zero-order chi connectivity index (χ0) is 20.9. The summed E-state index contributed by atoms with van der Waals surface area (Å²) in [6, 6.07) is 15.5. The molecule has 2 aromatic rings. The van der Waals surface area contributed by atoms with Gasteiger partial charge in [0, 0.05) is 24.8 Å². The van der Waals surface area contributed by atoms with Crippen LogP contribution in [0.2, 0.25) is 0 Å². The van der Waals surface area contributed by atoms with Crippen molar-refractivity contribution < 1.29 is 9.53 Å². The van der Waals surface area contributed by atoms with E-state index in [1.54, 1.807) is 0 Å². The number of nitrogens with one attached hydrogen (secondary N) is 1. The van der Waals surface area contributed by atoms with E-state index in [-0.39, 0.29) is 5.91 Å². The Balaban J connectivity index is 1.26. The van der Waals surface area contributed by atoms with Crippen LogP contribution in [0.3, 0.4) is 0 Å². The summed E-state index contributed by atoms with van der Waals surface area (Å²) >= 11 is 0. The minimum absolute atomic E-state index is 0.00917. The number of rotatable bonds is 8. The smallest absolute Gasteiger partial charge is 0.261 e. The number of anilines is 1. The number of fused-ring (bicyclic) bond motifs is 2. The molecule has 4 heteroatoms. The Morgan fingerprint density at radius 1 is 1.13 bits per heavy atom. The van der Waals surface area contributed by atoms with Crippen LogP contribution in [0.4, 0.5) is 5.69 Å². The molecule has 4 nitrogen and oxygen atoms in total. The van der Waals surface area contributed by atoms with Gasteiger partial charge in [-0.3, -0.25) is 4.79 Å². The van der Waals surface area contributed by atoms with Crippen LogP contribution in [-0.2, 0) is 24.1 Å². The largest absolute Gasteiger partial charge is 0.481 e. The molecular weight excluding hydrogens is 372 g/mol. The number of ether oxygens (including phenoxy) is 1. The molecule has 4 rings (SSSR count). The second-order valence-electron chi connectivity index (χ2n) is 8.67. The fraction of sp³-hybridized carbons (Fsp3) is 0.500. The van der Waals surface area contributed by atoms with Crippen molar-refractivity contribution in [3.05, 3.63) is 59.2 Å². The number of hydrogen-bond acceptors (Lipinski definition) is 3. The van der Waals surface area contributed by atoms with Gasteiger partial charge in [-0.1, -0.05) is 31.2 Å². The van der Waals surface area contributed by atoms with E-state index in [0.717, 1.165) is 38.0 Å². The predicted octanol–water partition coefficient (Wildman–Crippen LogP) is 4.68. The zero-order valence-electron chi connectivity index (χ0n) is 18.3. The summed E-state index contributed by atoms with van der Waals surface area (Å²) in [6.07, 6.45) is 7.07. The van der Waals surface area contributed by atoms with Crippen molar-refractivity contribution >= 4 is 11.6 Å². The third-order valence-electron chi connectivity index (χ3n) is 6.48. The quantitative estimate of drug-likeness (QED) is 0.647. The van der Waals surface area contributed by atoms with Gasteiger partial charge in [0.2, 0.25) is 0 Å². The predicted molar refractivity (Wildman–Crippen MR) is 122 cm³/mol. The van der Waals surface area contributed by atoms with Gasteiger partial charge < -0.3 is 15.0 Å². The van der Waals surface area contributed by atoms with Crippen LogP contribution in [0.15, 0.2) is 42.5 Å². The summed E-state index contributed by atoms with van der Waals surface area (Å²) < 4.78 is 6.06. The van der Waals surface area contributed by atoms with Gasteiger partial charge in [-0.15, -0.1) is 0 Å². The molecule has 0 saturated heterocycles. The van der Waals surface area contributed by atoms with E-state index >= 15 is 0 Å². The Hall–Kier alpha value is -2.49. The Morgan fingerprint density at radius 2 is 1.93 bits per heavy atom. The van der Waals surface area contributed by atoms with Crippen molar-refractivity contribution in [2.45, 2.75) is 70.9 Å². The molecule has 0 fully saturated rings. The molecule has 2 aromatic carbocycles. The molecule has 160 valence electrons. The van der Waals surface area contributed by atoms with Gasteiger partial charge >= 0.3 is 0 Å². The monoisotopic (exact) mass is 406 g/mol. The lowest BCUT2D eigenvalue weighted by atomic mass is 9.92. The number of amides is 1. The van der Waals surface area contributed by atoms with Crippen molar-refractivity contribution in [2.75, 3.05) is 18.0 Å². The van der Waals surface area contributed by atoms with E-state index in [4.69, 9.17) is 4.74 Å². The van der Waals surface area contributed by atoms with Crippen molar-refractivity contribution in [1.82, 2.24) is 5.32 Å². The number of para-hydroxylation sites is 1. The number of benzene rings is 2. The highest BCUT2D eigenvalue weighted by Crippen LogP contribution is 2.31. The highest BCUT2D eigenvalue weighted by atomic mass is 16.5. The van der Waals surface area contributed by atoms with Gasteiger partial charge in [-0.2, -0.15) is 0 Å². The van der Waals surface area contributed by atoms with E-state index in [2.05, 4.69) is 53.5 Å². The highest BCUT2D eigenvalue weighted by Gasteiger charge is 2.25. The van der Waals surface area contributed by atoms with Crippen LogP contribution < -0.4 is 15.0 Å². The minimum atomic E-state index is -0.432. The summed E-state index contributed by atoms with van der Waals surface area (Å²) in [7, 11) is 0. The number of aryl methyl sites for hydroxylation is 2. The SMILES string of the molecule is CC[C@@H](Oc1ccc2c(c1)CCCC2)C(=O)NCCCN1c2ccccc2C[C@@H]1C. The number of carbonyl (C=O) groups excluding carboxylic acids is 1. The molecule has 0 bridgehead atoms. The van der Waals surface area contributed by atoms with Gasteiger partial charge in [0.05, 0.1) is 0 Å². The van der Waals surface area contributed by atoms with E-state index in [0.29, 0.717) is 19.0 Å². The Morgan fingerprint density at radius 3 is 2.77 bits per heavy atom. The number of carbonyl (C=O) groups is 1. The maximum Gasteiger partial charge on any atom is 0.261 e. The lowest BCUT2D eigenvalue weighted by molar-refractivity contribution is -0.128. The maximum atomic E-state index is 12.7. The first-order chi connectivity index (χ1) is 14.7. The first-order valence-electron chi connectivity index (χ1n) is 11.6. The lowest BCUT2D eigenvalue weighted by Gasteiger charge is -2.25. The standard InChI is InChI=1S/C26H34N2O2/c1-3-25(30-23-14-13-20-9-4-5-10-21(20)18-23)26(29)27-15-8-16-28-19(2)17-22-11-6-7-12-24(22)28/h6-7,11-14,18-19,25H,3-5,8-10,15-17H2,1-2H3,(H,27,29)/t19-,25+/m0/s1. The Kier molecular flexibility index (Phi) is 6.61. The zero-order valence-corrected chi connectivity index (χ0v) is 18.3. The van der Waals surface area contributed by atoms with E-state index in [1.807, 2.05) is 13.0 Å². The Bertz CT molecular complexity index is 879. The summed E-state index contributed by atoms with van der Waals surface area (Å²) in [6.45, 7) is 5.92. The van der Waals surface area contributed by atoms with Gasteiger partial charge in [-0.05, 0) is 86.8 Å². The molecule has 1 N–H and O–H groups in total. The van der Waals surface area contributed by atoms with Crippen LogP contribution in [0.1, 0.15) is 56.2 Å². The average Bonchev–Trinajstić information content (AvgIpc) is 3.09. The molecule has 0 aromatic heterocycles. The second kappa shape index (κ2) is 9.55. The normalized spacial score (nSPS) is 18.5. The molecule has 1 aliphatic heterocycles. The topological polar surface area (TPSA) is 41.6 Å². The molecule has 1 heterocycles. The third kappa shape index (κ3) is 4.63. The van der Waals surface area contributed by atoms with Crippen molar-refractivity contribution in [3.63, 3.8) is 0 Å². The van der Waals surface area contributed by atoms with Gasteiger partial charge in [0.25, 0.3) is 5.91 Å². The van der Waals surface area contributed by atoms with Crippen molar-refractivity contribution in [3.8, 4) is 5.75 Å². The fourth-order valence-corrected chi connectivity index (χ4v) is 4.81. The average molecular weight is 407 g/mol. The summed E-state index contributed by atoms with van der Waals surface area (Å²) in [5.41, 5.74) is 5.59. The van der Waals surface area contributed by atoms with Crippen molar-refractivity contribution in [1.29, 1.82) is 0 Å². The molecule has 0 saturated carbocycles. The summed E-state index contributed by atoms with van der Waals surface area (Å²) in [5.74, 6) is 0.810. The second-order valence-corrected chi connectivity index (χ2v) is 8.67. The van der Waals surface area contributed by atoms with Crippen LogP contribution in [0.5, 0.6) is 5.75 Å². The molecule has 2 atom stereocenters. The van der Waals surface area contributed by atoms with E-state index < -0.39 is 6.10 Å². The number of nitrogens with zero attached hydrogens (tertiary/aromatic N) is 1. The summed E-state index contributed by atoms with van der Waals surface area (Å²) in [4.78, 5) is 15.1. The maximum absolute atomic E-state index is 12.7. The van der Waals surface area contributed by atoms with Gasteiger partial charge in [0.1, 0.15) is 5.75 Å². The molecule has 0 unspecified atom stereocenters. The lowest BCUT2D eigenvalue weighted by Crippen LogP contribution is -2.39. The molecule has 0 spiro atoms. The van der Waals surface area contributed by atoms with Crippen LogP contribution in [0, 0.1) is 0 Å². The fourth-order valence-electron chi connectivity index (χ4n) is 4.81. The first-order valence-corrected chi connectivity index (χ1v) is 11.6. The van der Waals surface area contributed by atoms with Crippen molar-refractivity contribution in [2.24, 2.45) is 0 Å². The van der Waals surface area contributed by atoms with Crippen LogP contribution >= 0.6 is 0 Å². The molecule has 30 heavy (non-hydrogen) atoms. The number of hydrogen-bond donors (Lipinski definition) is 1. The molecule has 1 amide bonds. The molecule has 1 aliphatic carbocycles. The van der Waals surface area contributed by atoms with Crippen LogP contribution in [-0.4, -0.2) is 31.1 Å². The minimum Gasteiger partial charge on any atom is -0.481 e. The van der Waals surface area contributed by atoms with Gasteiger partial charge in [-0.25, -0.2) is 0 Å². The first kappa shape index (κ1) is 20.8.